The highest BCUT2D eigenvalue weighted by atomic mass is 16.8. The zero-order valence-electron chi connectivity index (χ0n) is 7.02. The highest BCUT2D eigenvalue weighted by Crippen LogP contribution is 2.32. The summed E-state index contributed by atoms with van der Waals surface area (Å²) in [6.07, 6.45) is 1.79. The molecule has 0 aromatic heterocycles. The van der Waals surface area contributed by atoms with Crippen LogP contribution in [0.5, 0.6) is 0 Å². The molecular formula is C8H9NO4. The molecule has 0 saturated carbocycles. The predicted octanol–water partition coefficient (Wildman–Crippen LogP) is -0.889. The van der Waals surface area contributed by atoms with Gasteiger partial charge in [0.15, 0.2) is 11.9 Å². The third-order valence-corrected chi connectivity index (χ3v) is 2.19. The molecule has 0 bridgehead atoms. The van der Waals surface area contributed by atoms with Gasteiger partial charge in [0.1, 0.15) is 6.10 Å². The van der Waals surface area contributed by atoms with E-state index in [0.717, 1.165) is 0 Å². The summed E-state index contributed by atoms with van der Waals surface area (Å²) in [7, 11) is 0. The van der Waals surface area contributed by atoms with Crippen LogP contribution in [0.25, 0.3) is 0 Å². The highest BCUT2D eigenvalue weighted by molar-refractivity contribution is 5.98. The molecule has 0 spiro atoms. The number of fused-ring (bicyclic) bond motifs is 1. The first-order chi connectivity index (χ1) is 6.03. The summed E-state index contributed by atoms with van der Waals surface area (Å²) in [6, 6.07) is 0. The Morgan fingerprint density at radius 1 is 1.62 bits per heavy atom. The second kappa shape index (κ2) is 2.40. The molecule has 5 heteroatoms. The SMILES string of the molecule is C[C@@]1(C(N)=O)O[C@H]2C=CC(=O)[C@H]2O1. The fourth-order valence-electron chi connectivity index (χ4n) is 1.42. The molecular weight excluding hydrogens is 174 g/mol. The van der Waals surface area contributed by atoms with Gasteiger partial charge in [-0.15, -0.1) is 0 Å². The van der Waals surface area contributed by atoms with Crippen LogP contribution < -0.4 is 5.73 Å². The first-order valence-corrected chi connectivity index (χ1v) is 3.90. The molecule has 13 heavy (non-hydrogen) atoms. The monoisotopic (exact) mass is 183 g/mol. The van der Waals surface area contributed by atoms with Crippen LogP contribution in [0.2, 0.25) is 0 Å². The number of hydrogen-bond acceptors (Lipinski definition) is 4. The van der Waals surface area contributed by atoms with E-state index >= 15 is 0 Å². The van der Waals surface area contributed by atoms with Gasteiger partial charge >= 0.3 is 0 Å². The molecule has 1 aliphatic heterocycles. The zero-order valence-corrected chi connectivity index (χ0v) is 7.02. The standard InChI is InChI=1S/C8H9NO4/c1-8(7(9)11)12-5-3-2-4(10)6(5)13-8/h2-3,5-6H,1H3,(H2,9,11)/t5-,6+,8+/m0/s1. The number of nitrogens with two attached hydrogens (primary N) is 1. The first kappa shape index (κ1) is 8.40. The van der Waals surface area contributed by atoms with Crippen LogP contribution in [0, 0.1) is 0 Å². The molecule has 2 N–H and O–H groups in total. The van der Waals surface area contributed by atoms with Gasteiger partial charge in [-0.05, 0) is 19.1 Å². The van der Waals surface area contributed by atoms with E-state index in [1.165, 1.54) is 13.0 Å². The van der Waals surface area contributed by atoms with Crippen molar-refractivity contribution < 1.29 is 19.1 Å². The Morgan fingerprint density at radius 2 is 2.31 bits per heavy atom. The van der Waals surface area contributed by atoms with E-state index in [0.29, 0.717) is 0 Å². The van der Waals surface area contributed by atoms with E-state index in [2.05, 4.69) is 0 Å². The molecule has 5 nitrogen and oxygen atoms in total. The van der Waals surface area contributed by atoms with Crippen molar-refractivity contribution in [1.82, 2.24) is 0 Å². The minimum absolute atomic E-state index is 0.185. The molecule has 2 aliphatic rings. The molecule has 1 fully saturated rings. The van der Waals surface area contributed by atoms with Crippen molar-refractivity contribution in [1.29, 1.82) is 0 Å². The molecule has 0 radical (unpaired) electrons. The molecule has 2 rings (SSSR count). The Bertz CT molecular complexity index is 311. The largest absolute Gasteiger partial charge is 0.365 e. The molecule has 1 aliphatic carbocycles. The fraction of sp³-hybridized carbons (Fsp3) is 0.500. The van der Waals surface area contributed by atoms with E-state index in [-0.39, 0.29) is 5.78 Å². The Morgan fingerprint density at radius 3 is 2.85 bits per heavy atom. The fourth-order valence-corrected chi connectivity index (χ4v) is 1.42. The van der Waals surface area contributed by atoms with Gasteiger partial charge in [-0.2, -0.15) is 0 Å². The molecule has 1 saturated heterocycles. The number of ether oxygens (including phenoxy) is 2. The average Bonchev–Trinajstić information content (AvgIpc) is 2.52. The van der Waals surface area contributed by atoms with E-state index in [1.807, 2.05) is 0 Å². The Labute approximate surface area is 74.5 Å². The lowest BCUT2D eigenvalue weighted by molar-refractivity contribution is -0.180. The van der Waals surface area contributed by atoms with Gasteiger partial charge in [-0.1, -0.05) is 0 Å². The van der Waals surface area contributed by atoms with E-state index in [1.54, 1.807) is 6.08 Å². The van der Waals surface area contributed by atoms with Crippen LogP contribution in [-0.2, 0) is 19.1 Å². The molecule has 0 aromatic carbocycles. The second-order valence-electron chi connectivity index (χ2n) is 3.19. The minimum Gasteiger partial charge on any atom is -0.365 e. The summed E-state index contributed by atoms with van der Waals surface area (Å²) in [4.78, 5) is 22.0. The zero-order chi connectivity index (χ0) is 9.64. The van der Waals surface area contributed by atoms with Gasteiger partial charge < -0.3 is 15.2 Å². The lowest BCUT2D eigenvalue weighted by Gasteiger charge is -2.18. The lowest BCUT2D eigenvalue weighted by atomic mass is 10.2. The van der Waals surface area contributed by atoms with Crippen molar-refractivity contribution in [3.8, 4) is 0 Å². The topological polar surface area (TPSA) is 78.6 Å². The summed E-state index contributed by atoms with van der Waals surface area (Å²) in [5.41, 5.74) is 5.06. The average molecular weight is 183 g/mol. The summed E-state index contributed by atoms with van der Waals surface area (Å²) in [6.45, 7) is 1.41. The maximum absolute atomic E-state index is 11.1. The number of ketones is 1. The van der Waals surface area contributed by atoms with Crippen molar-refractivity contribution in [2.75, 3.05) is 0 Å². The van der Waals surface area contributed by atoms with Gasteiger partial charge in [0.25, 0.3) is 5.91 Å². The Balaban J connectivity index is 2.23. The van der Waals surface area contributed by atoms with Gasteiger partial charge in [0.05, 0.1) is 0 Å². The molecule has 70 valence electrons. The quantitative estimate of drug-likeness (QED) is 0.572. The van der Waals surface area contributed by atoms with Crippen molar-refractivity contribution in [3.63, 3.8) is 0 Å². The van der Waals surface area contributed by atoms with E-state index in [4.69, 9.17) is 15.2 Å². The molecule has 0 aromatic rings. The van der Waals surface area contributed by atoms with Crippen LogP contribution >= 0.6 is 0 Å². The summed E-state index contributed by atoms with van der Waals surface area (Å²) in [5.74, 6) is -2.37. The number of carbonyl (C=O) groups excluding carboxylic acids is 2. The number of primary amides is 1. The second-order valence-corrected chi connectivity index (χ2v) is 3.19. The molecule has 3 atom stereocenters. The summed E-state index contributed by atoms with van der Waals surface area (Å²) in [5, 5.41) is 0. The normalized spacial score (nSPS) is 42.4. The first-order valence-electron chi connectivity index (χ1n) is 3.90. The summed E-state index contributed by atoms with van der Waals surface area (Å²) < 4.78 is 10.3. The van der Waals surface area contributed by atoms with Gasteiger partial charge in [-0.25, -0.2) is 0 Å². The van der Waals surface area contributed by atoms with Crippen molar-refractivity contribution >= 4 is 11.7 Å². The number of amides is 1. The minimum atomic E-state index is -1.46. The molecule has 1 amide bonds. The van der Waals surface area contributed by atoms with E-state index in [9.17, 15) is 9.59 Å². The number of hydrogen-bond donors (Lipinski definition) is 1. The third kappa shape index (κ3) is 1.08. The summed E-state index contributed by atoms with van der Waals surface area (Å²) >= 11 is 0. The molecule has 1 heterocycles. The Kier molecular flexibility index (Phi) is 1.55. The number of rotatable bonds is 1. The van der Waals surface area contributed by atoms with Crippen LogP contribution in [0.4, 0.5) is 0 Å². The maximum Gasteiger partial charge on any atom is 0.277 e. The number of carbonyl (C=O) groups is 2. The van der Waals surface area contributed by atoms with Crippen LogP contribution in [0.3, 0.4) is 0 Å². The Hall–Kier alpha value is -1.20. The van der Waals surface area contributed by atoms with Gasteiger partial charge in [0.2, 0.25) is 5.79 Å². The van der Waals surface area contributed by atoms with Crippen molar-refractivity contribution in [3.05, 3.63) is 12.2 Å². The van der Waals surface area contributed by atoms with Gasteiger partial charge in [-0.3, -0.25) is 9.59 Å². The predicted molar refractivity (Wildman–Crippen MR) is 41.5 cm³/mol. The lowest BCUT2D eigenvalue weighted by Crippen LogP contribution is -2.43. The van der Waals surface area contributed by atoms with Gasteiger partial charge in [0, 0.05) is 0 Å². The van der Waals surface area contributed by atoms with Crippen LogP contribution in [0.15, 0.2) is 12.2 Å². The smallest absolute Gasteiger partial charge is 0.277 e. The van der Waals surface area contributed by atoms with Crippen LogP contribution in [-0.4, -0.2) is 29.7 Å². The van der Waals surface area contributed by atoms with Crippen molar-refractivity contribution in [2.24, 2.45) is 5.73 Å². The maximum atomic E-state index is 11.1. The van der Waals surface area contributed by atoms with E-state index < -0.39 is 23.9 Å². The molecule has 0 unspecified atom stereocenters. The highest BCUT2D eigenvalue weighted by Gasteiger charge is 2.51. The third-order valence-electron chi connectivity index (χ3n) is 2.19. The van der Waals surface area contributed by atoms with Crippen molar-refractivity contribution in [2.45, 2.75) is 24.9 Å². The van der Waals surface area contributed by atoms with Crippen LogP contribution in [0.1, 0.15) is 6.92 Å².